The largest absolute Gasteiger partial charge is 0.358 e. The molecule has 0 nitrogen and oxygen atoms in total. The van der Waals surface area contributed by atoms with Gasteiger partial charge in [0.05, 0.1) is 0 Å². The minimum absolute atomic E-state index is 0. The summed E-state index contributed by atoms with van der Waals surface area (Å²) in [6, 6.07) is 0. The monoisotopic (exact) mass is 306 g/mol. The molecule has 1 saturated carbocycles. The average Bonchev–Trinajstić information content (AvgIpc) is 2.17. The van der Waals surface area contributed by atoms with E-state index in [-0.39, 0.29) is 29.8 Å². The third-order valence-corrected chi connectivity index (χ3v) is 1.25. The second-order valence-electron chi connectivity index (χ2n) is 1.84. The molecule has 1 aliphatic rings. The summed E-state index contributed by atoms with van der Waals surface area (Å²) in [5.74, 6) is 0. The Kier molecular flexibility index (Phi) is 30.0. The molecule has 0 radical (unpaired) electrons. The van der Waals surface area contributed by atoms with Crippen LogP contribution in [-0.4, -0.2) is 0 Å². The fraction of sp³-hybridized carbons (Fsp3) is 0.714. The van der Waals surface area contributed by atoms with Gasteiger partial charge >= 0.3 is 41.3 Å². The summed E-state index contributed by atoms with van der Waals surface area (Å²) in [6.07, 6.45) is 7.50. The van der Waals surface area contributed by atoms with Crippen molar-refractivity contribution in [3.8, 4) is 0 Å². The van der Waals surface area contributed by atoms with Gasteiger partial charge in [-0.25, -0.2) is 0 Å². The van der Waals surface area contributed by atoms with Crippen LogP contribution in [0.3, 0.4) is 0 Å². The van der Waals surface area contributed by atoms with Crippen molar-refractivity contribution in [2.75, 3.05) is 0 Å². The summed E-state index contributed by atoms with van der Waals surface area (Å²) >= 11 is 6.50. The Morgan fingerprint density at radius 2 is 0.800 bits per heavy atom. The zero-order valence-electron chi connectivity index (χ0n) is 6.79. The molecule has 0 atom stereocenters. The number of hydrogen-bond donors (Lipinski definition) is 0. The van der Waals surface area contributed by atoms with E-state index in [0.29, 0.717) is 0 Å². The van der Waals surface area contributed by atoms with Gasteiger partial charge in [-0.3, -0.25) is 0 Å². The van der Waals surface area contributed by atoms with Crippen LogP contribution in [0.15, 0.2) is 0 Å². The van der Waals surface area contributed by atoms with E-state index < -0.39 is 0 Å². The van der Waals surface area contributed by atoms with Crippen molar-refractivity contribution >= 4 is 26.3 Å². The molecule has 1 rings (SSSR count). The molecule has 1 aliphatic carbocycles. The van der Waals surface area contributed by atoms with E-state index in [2.05, 4.69) is 26.3 Å². The van der Waals surface area contributed by atoms with Gasteiger partial charge in [-0.05, 0) is 0 Å². The number of rotatable bonds is 0. The standard InChI is InChI=1S/C5H10.2CH3.2BrH.Ti/c1-2-4-5-3-1;;;;;/h1-5H2;2*1H3;2*1H;/q;2*-1;;;+2/p-2. The van der Waals surface area contributed by atoms with Crippen molar-refractivity contribution in [1.29, 1.82) is 0 Å². The Morgan fingerprint density at radius 1 is 0.700 bits per heavy atom. The fourth-order valence-corrected chi connectivity index (χ4v) is 0.884. The molecule has 0 aromatic rings. The molecule has 0 aliphatic heterocycles. The van der Waals surface area contributed by atoms with Crippen molar-refractivity contribution < 1.29 is 15.0 Å². The topological polar surface area (TPSA) is 0 Å². The predicted octanol–water partition coefficient (Wildman–Crippen LogP) is 4.54. The maximum atomic E-state index is 3.19. The zero-order chi connectivity index (χ0) is 6.24. The maximum absolute atomic E-state index is 3.19. The molecule has 10 heavy (non-hydrogen) atoms. The van der Waals surface area contributed by atoms with Crippen molar-refractivity contribution in [2.24, 2.45) is 0 Å². The van der Waals surface area contributed by atoms with Gasteiger partial charge in [0, 0.05) is 0 Å². The molecule has 3 heteroatoms. The van der Waals surface area contributed by atoms with Crippen LogP contribution in [0.25, 0.3) is 0 Å². The van der Waals surface area contributed by atoms with Crippen molar-refractivity contribution in [2.45, 2.75) is 32.1 Å². The average molecular weight is 308 g/mol. The van der Waals surface area contributed by atoms with Crippen LogP contribution < -0.4 is 0 Å². The quantitative estimate of drug-likeness (QED) is 0.455. The minimum atomic E-state index is 0. The van der Waals surface area contributed by atoms with Crippen molar-refractivity contribution in [3.05, 3.63) is 14.9 Å². The van der Waals surface area contributed by atoms with Crippen LogP contribution in [0.5, 0.6) is 0 Å². The molecule has 0 spiro atoms. The first kappa shape index (κ1) is 17.7. The second kappa shape index (κ2) is 17.0. The second-order valence-corrected chi connectivity index (χ2v) is 9.72. The van der Waals surface area contributed by atoms with Gasteiger partial charge in [-0.2, -0.15) is 0 Å². The molecule has 0 amide bonds. The van der Waals surface area contributed by atoms with Gasteiger partial charge in [-0.15, -0.1) is 0 Å². The molecule has 0 aromatic carbocycles. The Labute approximate surface area is 87.6 Å². The van der Waals surface area contributed by atoms with E-state index >= 15 is 0 Å². The molecule has 0 saturated heterocycles. The van der Waals surface area contributed by atoms with Crippen LogP contribution in [-0.2, 0) is 15.0 Å². The van der Waals surface area contributed by atoms with Crippen LogP contribution >= 0.6 is 26.3 Å². The van der Waals surface area contributed by atoms with Gasteiger partial charge in [0.2, 0.25) is 0 Å². The van der Waals surface area contributed by atoms with Gasteiger partial charge < -0.3 is 14.9 Å². The third kappa shape index (κ3) is 16.3. The van der Waals surface area contributed by atoms with E-state index in [1.165, 1.54) is 32.1 Å². The molecule has 0 bridgehead atoms. The van der Waals surface area contributed by atoms with Crippen molar-refractivity contribution in [3.63, 3.8) is 0 Å². The summed E-state index contributed by atoms with van der Waals surface area (Å²) in [5, 5.41) is 0. The van der Waals surface area contributed by atoms with E-state index in [1.807, 2.05) is 0 Å². The van der Waals surface area contributed by atoms with Crippen LogP contribution in [0.1, 0.15) is 32.1 Å². The predicted molar refractivity (Wildman–Crippen MR) is 53.8 cm³/mol. The molecular formula is C7H16Br2Ti-2. The summed E-state index contributed by atoms with van der Waals surface area (Å²) in [5.41, 5.74) is 0. The van der Waals surface area contributed by atoms with E-state index in [1.54, 1.807) is 0 Å². The SMILES string of the molecule is C1CCCC1.[Br][Ti][Br].[CH3-].[CH3-]. The van der Waals surface area contributed by atoms with Crippen LogP contribution in [0, 0.1) is 14.9 Å². The Morgan fingerprint density at radius 3 is 0.900 bits per heavy atom. The number of hydrogen-bond acceptors (Lipinski definition) is 0. The zero-order valence-corrected chi connectivity index (χ0v) is 11.5. The molecule has 0 unspecified atom stereocenters. The summed E-state index contributed by atoms with van der Waals surface area (Å²) in [6.45, 7) is 0. The minimum Gasteiger partial charge on any atom is -0.358 e. The van der Waals surface area contributed by atoms with E-state index in [9.17, 15) is 0 Å². The molecule has 0 N–H and O–H groups in total. The fourth-order valence-electron chi connectivity index (χ4n) is 0.884. The van der Waals surface area contributed by atoms with Gasteiger partial charge in [-0.1, -0.05) is 32.1 Å². The normalized spacial score (nSPS) is 13.4. The Balaban J connectivity index is -0.0000000900. The first-order chi connectivity index (χ1) is 3.91. The first-order valence-electron chi connectivity index (χ1n) is 2.88. The van der Waals surface area contributed by atoms with Gasteiger partial charge in [0.1, 0.15) is 0 Å². The summed E-state index contributed by atoms with van der Waals surface area (Å²) < 4.78 is 0. The van der Waals surface area contributed by atoms with Gasteiger partial charge in [0.15, 0.2) is 0 Å². The maximum Gasteiger partial charge on any atom is -0.358 e. The Hall–Kier alpha value is 1.67. The molecule has 0 heterocycles. The van der Waals surface area contributed by atoms with Crippen LogP contribution in [0.4, 0.5) is 0 Å². The summed E-state index contributed by atoms with van der Waals surface area (Å²) in [7, 11) is 0. The Bertz CT molecular complexity index is 31.0. The van der Waals surface area contributed by atoms with Gasteiger partial charge in [0.25, 0.3) is 0 Å². The van der Waals surface area contributed by atoms with Crippen LogP contribution in [0.2, 0.25) is 0 Å². The van der Waals surface area contributed by atoms with Crippen molar-refractivity contribution in [1.82, 2.24) is 0 Å². The number of halogens is 2. The van der Waals surface area contributed by atoms with E-state index in [0.717, 1.165) is 0 Å². The summed E-state index contributed by atoms with van der Waals surface area (Å²) in [4.78, 5) is 0. The third-order valence-electron chi connectivity index (χ3n) is 1.25. The van der Waals surface area contributed by atoms with E-state index in [4.69, 9.17) is 0 Å². The molecule has 0 aromatic heterocycles. The molecule has 1 fully saturated rings. The first-order valence-corrected chi connectivity index (χ1v) is 10.6. The molecular weight excluding hydrogens is 292 g/mol. The molecule has 64 valence electrons. The smallest absolute Gasteiger partial charge is 0.358 e.